The van der Waals surface area contributed by atoms with Crippen LogP contribution in [0.1, 0.15) is 45.4 Å². The van der Waals surface area contributed by atoms with E-state index in [-0.39, 0.29) is 6.15 Å². The summed E-state index contributed by atoms with van der Waals surface area (Å²) in [6.45, 7) is 2.28. The largest absolute Gasteiger partial charge is 0.344 e. The van der Waals surface area contributed by atoms with Crippen LogP contribution in [0.3, 0.4) is 0 Å². The van der Waals surface area contributed by atoms with Gasteiger partial charge in [-0.25, -0.2) is 0 Å². The topological polar surface area (TPSA) is 35.0 Å². The molecule has 1 aliphatic carbocycles. The summed E-state index contributed by atoms with van der Waals surface area (Å²) in [5.41, 5.74) is 0. The van der Waals surface area contributed by atoms with Crippen molar-refractivity contribution in [3.8, 4) is 0 Å². The number of rotatable bonds is 3. The molecular formula is C8H19N. The summed E-state index contributed by atoms with van der Waals surface area (Å²) >= 11 is 0. The van der Waals surface area contributed by atoms with Gasteiger partial charge in [0, 0.05) is 0 Å². The first-order chi connectivity index (χ1) is 3.93. The number of unbranched alkanes of at least 4 members (excludes halogenated alkanes) is 1. The van der Waals surface area contributed by atoms with Crippen LogP contribution in [-0.2, 0) is 0 Å². The molecule has 0 aromatic rings. The van der Waals surface area contributed by atoms with E-state index in [0.29, 0.717) is 0 Å². The summed E-state index contributed by atoms with van der Waals surface area (Å²) in [7, 11) is 0. The standard InChI is InChI=1S/C8H16.H3N/c1-2-3-5-8-6-4-7-8;/h8H,2-7H2,1H3;1H3. The third kappa shape index (κ3) is 2.85. The van der Waals surface area contributed by atoms with E-state index in [4.69, 9.17) is 0 Å². The van der Waals surface area contributed by atoms with Gasteiger partial charge >= 0.3 is 0 Å². The highest BCUT2D eigenvalue weighted by molar-refractivity contribution is 4.68. The molecule has 1 heteroatoms. The van der Waals surface area contributed by atoms with Crippen LogP contribution in [0.5, 0.6) is 0 Å². The average Bonchev–Trinajstić information content (AvgIpc) is 1.63. The molecule has 0 bridgehead atoms. The van der Waals surface area contributed by atoms with Crippen molar-refractivity contribution >= 4 is 0 Å². The van der Waals surface area contributed by atoms with Crippen LogP contribution in [-0.4, -0.2) is 0 Å². The highest BCUT2D eigenvalue weighted by atomic mass is 14.2. The molecule has 0 unspecified atom stereocenters. The van der Waals surface area contributed by atoms with Gasteiger partial charge in [0.2, 0.25) is 0 Å². The van der Waals surface area contributed by atoms with Crippen LogP contribution in [0.15, 0.2) is 0 Å². The Morgan fingerprint density at radius 3 is 2.33 bits per heavy atom. The average molecular weight is 129 g/mol. The smallest absolute Gasteiger partial charge is 0.0414 e. The molecule has 1 fully saturated rings. The molecule has 0 radical (unpaired) electrons. The van der Waals surface area contributed by atoms with E-state index in [2.05, 4.69) is 6.92 Å². The lowest BCUT2D eigenvalue weighted by Crippen LogP contribution is -2.09. The maximum absolute atomic E-state index is 2.28. The van der Waals surface area contributed by atoms with E-state index < -0.39 is 0 Å². The maximum Gasteiger partial charge on any atom is -0.0414 e. The summed E-state index contributed by atoms with van der Waals surface area (Å²) in [6.07, 6.45) is 8.92. The maximum atomic E-state index is 2.28. The fourth-order valence-electron chi connectivity index (χ4n) is 1.27. The zero-order valence-corrected chi connectivity index (χ0v) is 6.53. The molecule has 0 amide bonds. The molecule has 9 heavy (non-hydrogen) atoms. The molecule has 0 aliphatic heterocycles. The minimum atomic E-state index is 0. The second-order valence-corrected chi connectivity index (χ2v) is 2.94. The predicted octanol–water partition coefficient (Wildman–Crippen LogP) is 3.14. The van der Waals surface area contributed by atoms with E-state index in [1.807, 2.05) is 0 Å². The molecule has 0 heterocycles. The molecule has 0 spiro atoms. The molecule has 1 nitrogen and oxygen atoms in total. The molecule has 56 valence electrons. The summed E-state index contributed by atoms with van der Waals surface area (Å²) in [4.78, 5) is 0. The van der Waals surface area contributed by atoms with Gasteiger partial charge in [-0.05, 0) is 5.92 Å². The van der Waals surface area contributed by atoms with Gasteiger partial charge < -0.3 is 6.15 Å². The third-order valence-electron chi connectivity index (χ3n) is 2.19. The van der Waals surface area contributed by atoms with Gasteiger partial charge in [0.25, 0.3) is 0 Å². The first-order valence-corrected chi connectivity index (χ1v) is 3.93. The highest BCUT2D eigenvalue weighted by Gasteiger charge is 2.15. The van der Waals surface area contributed by atoms with Crippen molar-refractivity contribution in [1.29, 1.82) is 0 Å². The van der Waals surface area contributed by atoms with E-state index in [1.54, 1.807) is 0 Å². The Morgan fingerprint density at radius 2 is 2.00 bits per heavy atom. The van der Waals surface area contributed by atoms with E-state index in [1.165, 1.54) is 38.5 Å². The van der Waals surface area contributed by atoms with Gasteiger partial charge in [0.05, 0.1) is 0 Å². The van der Waals surface area contributed by atoms with Gasteiger partial charge in [0.15, 0.2) is 0 Å². The van der Waals surface area contributed by atoms with Crippen molar-refractivity contribution in [2.75, 3.05) is 0 Å². The summed E-state index contributed by atoms with van der Waals surface area (Å²) in [5.74, 6) is 1.13. The Labute approximate surface area is 58.4 Å². The van der Waals surface area contributed by atoms with Crippen molar-refractivity contribution in [1.82, 2.24) is 6.15 Å². The van der Waals surface area contributed by atoms with Crippen molar-refractivity contribution in [2.24, 2.45) is 5.92 Å². The predicted molar refractivity (Wildman–Crippen MR) is 41.9 cm³/mol. The number of hydrogen-bond donors (Lipinski definition) is 1. The Kier molecular flexibility index (Phi) is 4.78. The first kappa shape index (κ1) is 8.96. The van der Waals surface area contributed by atoms with Crippen LogP contribution in [0.25, 0.3) is 0 Å². The van der Waals surface area contributed by atoms with Gasteiger partial charge in [0.1, 0.15) is 0 Å². The van der Waals surface area contributed by atoms with Crippen molar-refractivity contribution in [3.05, 3.63) is 0 Å². The molecule has 3 N–H and O–H groups in total. The Hall–Kier alpha value is -0.0400. The van der Waals surface area contributed by atoms with Crippen molar-refractivity contribution in [3.63, 3.8) is 0 Å². The van der Waals surface area contributed by atoms with Crippen molar-refractivity contribution < 1.29 is 0 Å². The summed E-state index contributed by atoms with van der Waals surface area (Å²) < 4.78 is 0. The lowest BCUT2D eigenvalue weighted by Gasteiger charge is -2.24. The highest BCUT2D eigenvalue weighted by Crippen LogP contribution is 2.30. The molecular weight excluding hydrogens is 110 g/mol. The second kappa shape index (κ2) is 4.80. The monoisotopic (exact) mass is 129 g/mol. The van der Waals surface area contributed by atoms with Crippen LogP contribution >= 0.6 is 0 Å². The molecule has 0 saturated heterocycles. The first-order valence-electron chi connectivity index (χ1n) is 3.93. The van der Waals surface area contributed by atoms with Crippen LogP contribution in [0.2, 0.25) is 0 Å². The second-order valence-electron chi connectivity index (χ2n) is 2.94. The molecule has 1 rings (SSSR count). The quantitative estimate of drug-likeness (QED) is 0.624. The lowest BCUT2D eigenvalue weighted by molar-refractivity contribution is 0.289. The van der Waals surface area contributed by atoms with Gasteiger partial charge in [-0.3, -0.25) is 0 Å². The Bertz CT molecular complexity index is 57.6. The van der Waals surface area contributed by atoms with Gasteiger partial charge in [-0.2, -0.15) is 0 Å². The fraction of sp³-hybridized carbons (Fsp3) is 1.00. The Balaban J connectivity index is 0.000000640. The molecule has 1 aliphatic rings. The van der Waals surface area contributed by atoms with Gasteiger partial charge in [-0.1, -0.05) is 45.4 Å². The Morgan fingerprint density at radius 1 is 1.33 bits per heavy atom. The zero-order valence-electron chi connectivity index (χ0n) is 6.53. The van der Waals surface area contributed by atoms with Crippen LogP contribution in [0.4, 0.5) is 0 Å². The zero-order chi connectivity index (χ0) is 5.82. The number of hydrogen-bond acceptors (Lipinski definition) is 1. The normalized spacial score (nSPS) is 18.3. The lowest BCUT2D eigenvalue weighted by atomic mass is 9.82. The molecule has 0 atom stereocenters. The summed E-state index contributed by atoms with van der Waals surface area (Å²) in [5, 5.41) is 0. The SMILES string of the molecule is CCCCC1CCC1.N. The molecule has 1 saturated carbocycles. The van der Waals surface area contributed by atoms with Crippen LogP contribution in [0, 0.1) is 5.92 Å². The summed E-state index contributed by atoms with van der Waals surface area (Å²) in [6, 6.07) is 0. The minimum Gasteiger partial charge on any atom is -0.344 e. The van der Waals surface area contributed by atoms with E-state index >= 15 is 0 Å². The van der Waals surface area contributed by atoms with Gasteiger partial charge in [-0.15, -0.1) is 0 Å². The third-order valence-corrected chi connectivity index (χ3v) is 2.19. The van der Waals surface area contributed by atoms with Crippen molar-refractivity contribution in [2.45, 2.75) is 45.4 Å². The van der Waals surface area contributed by atoms with Crippen LogP contribution < -0.4 is 6.15 Å². The fourth-order valence-corrected chi connectivity index (χ4v) is 1.27. The molecule has 0 aromatic carbocycles. The minimum absolute atomic E-state index is 0. The van der Waals surface area contributed by atoms with E-state index in [0.717, 1.165) is 5.92 Å². The molecule has 0 aromatic heterocycles. The van der Waals surface area contributed by atoms with E-state index in [9.17, 15) is 0 Å².